The SMILES string of the molecule is OCCOCCO.c1ccc(CCOCCc2ccccc2)cc1. The summed E-state index contributed by atoms with van der Waals surface area (Å²) >= 11 is 0. The second-order valence-corrected chi connectivity index (χ2v) is 5.14. The van der Waals surface area contributed by atoms with Crippen LogP contribution >= 0.6 is 0 Å². The van der Waals surface area contributed by atoms with Gasteiger partial charge < -0.3 is 19.7 Å². The first-order valence-corrected chi connectivity index (χ1v) is 8.32. The predicted octanol–water partition coefficient (Wildman–Crippen LogP) is 2.48. The Morgan fingerprint density at radius 3 is 1.29 bits per heavy atom. The van der Waals surface area contributed by atoms with E-state index >= 15 is 0 Å². The fraction of sp³-hybridized carbons (Fsp3) is 0.400. The van der Waals surface area contributed by atoms with Crippen molar-refractivity contribution in [3.8, 4) is 0 Å². The van der Waals surface area contributed by atoms with Gasteiger partial charge in [-0.05, 0) is 24.0 Å². The highest BCUT2D eigenvalue weighted by atomic mass is 16.5. The molecule has 0 atom stereocenters. The lowest BCUT2D eigenvalue weighted by molar-refractivity contribution is 0.0650. The first-order chi connectivity index (χ1) is 11.9. The average Bonchev–Trinajstić information content (AvgIpc) is 2.64. The van der Waals surface area contributed by atoms with Gasteiger partial charge in [-0.3, -0.25) is 0 Å². The molecule has 0 spiro atoms. The standard InChI is InChI=1S/C16H18O.C4H10O3/c1-3-7-15(8-4-1)11-13-17-14-12-16-9-5-2-6-10-16;5-1-3-7-4-2-6/h1-10H,11-14H2;5-6H,1-4H2. The maximum Gasteiger partial charge on any atom is 0.0698 e. The molecule has 2 N–H and O–H groups in total. The van der Waals surface area contributed by atoms with E-state index in [1.54, 1.807) is 0 Å². The Morgan fingerprint density at radius 1 is 0.542 bits per heavy atom. The van der Waals surface area contributed by atoms with E-state index in [2.05, 4.69) is 53.3 Å². The fourth-order valence-electron chi connectivity index (χ4n) is 2.00. The van der Waals surface area contributed by atoms with Gasteiger partial charge in [-0.2, -0.15) is 0 Å². The summed E-state index contributed by atoms with van der Waals surface area (Å²) in [5.74, 6) is 0. The van der Waals surface area contributed by atoms with Gasteiger partial charge >= 0.3 is 0 Å². The summed E-state index contributed by atoms with van der Waals surface area (Å²) in [4.78, 5) is 0. The Morgan fingerprint density at radius 2 is 0.917 bits per heavy atom. The Labute approximate surface area is 144 Å². The van der Waals surface area contributed by atoms with Gasteiger partial charge in [0.25, 0.3) is 0 Å². The lowest BCUT2D eigenvalue weighted by atomic mass is 10.1. The van der Waals surface area contributed by atoms with Crippen LogP contribution in [0.1, 0.15) is 11.1 Å². The molecule has 0 bridgehead atoms. The zero-order valence-electron chi connectivity index (χ0n) is 14.1. The van der Waals surface area contributed by atoms with Gasteiger partial charge in [0.2, 0.25) is 0 Å². The molecule has 0 heterocycles. The Balaban J connectivity index is 0.000000351. The molecular formula is C20H28O4. The van der Waals surface area contributed by atoms with Crippen LogP contribution in [0.2, 0.25) is 0 Å². The van der Waals surface area contributed by atoms with E-state index in [1.807, 2.05) is 12.1 Å². The molecular weight excluding hydrogens is 304 g/mol. The summed E-state index contributed by atoms with van der Waals surface area (Å²) < 4.78 is 10.3. The van der Waals surface area contributed by atoms with Crippen LogP contribution in [0.3, 0.4) is 0 Å². The summed E-state index contributed by atoms with van der Waals surface area (Å²) in [5, 5.41) is 16.2. The van der Waals surface area contributed by atoms with Crippen molar-refractivity contribution in [3.63, 3.8) is 0 Å². The molecule has 0 saturated carbocycles. The van der Waals surface area contributed by atoms with Crippen molar-refractivity contribution in [1.82, 2.24) is 0 Å². The van der Waals surface area contributed by atoms with Crippen molar-refractivity contribution in [2.24, 2.45) is 0 Å². The van der Waals surface area contributed by atoms with Crippen molar-refractivity contribution >= 4 is 0 Å². The number of hydrogen-bond acceptors (Lipinski definition) is 4. The minimum atomic E-state index is 0.0278. The van der Waals surface area contributed by atoms with Crippen molar-refractivity contribution in [1.29, 1.82) is 0 Å². The van der Waals surface area contributed by atoms with Crippen LogP contribution in [0.25, 0.3) is 0 Å². The minimum Gasteiger partial charge on any atom is -0.394 e. The second-order valence-electron chi connectivity index (χ2n) is 5.14. The first kappa shape index (κ1) is 20.3. The minimum absolute atomic E-state index is 0.0278. The van der Waals surface area contributed by atoms with Gasteiger partial charge in [0.15, 0.2) is 0 Å². The summed E-state index contributed by atoms with van der Waals surface area (Å²) in [7, 11) is 0. The summed E-state index contributed by atoms with van der Waals surface area (Å²) in [6.07, 6.45) is 1.99. The fourth-order valence-corrected chi connectivity index (χ4v) is 2.00. The lowest BCUT2D eigenvalue weighted by Crippen LogP contribution is -2.03. The molecule has 4 heteroatoms. The average molecular weight is 332 g/mol. The quantitative estimate of drug-likeness (QED) is 0.656. The third-order valence-corrected chi connectivity index (χ3v) is 3.23. The molecule has 0 aliphatic carbocycles. The molecule has 0 saturated heterocycles. The summed E-state index contributed by atoms with van der Waals surface area (Å²) in [6.45, 7) is 2.30. The Kier molecular flexibility index (Phi) is 12.6. The highest BCUT2D eigenvalue weighted by Gasteiger charge is 1.94. The van der Waals surface area contributed by atoms with Crippen molar-refractivity contribution < 1.29 is 19.7 Å². The van der Waals surface area contributed by atoms with Gasteiger partial charge in [0.05, 0.1) is 39.6 Å². The van der Waals surface area contributed by atoms with Crippen molar-refractivity contribution in [2.75, 3.05) is 39.6 Å². The molecule has 0 unspecified atom stereocenters. The zero-order chi connectivity index (χ0) is 17.3. The highest BCUT2D eigenvalue weighted by Crippen LogP contribution is 2.02. The van der Waals surface area contributed by atoms with Gasteiger partial charge in [-0.25, -0.2) is 0 Å². The monoisotopic (exact) mass is 332 g/mol. The summed E-state index contributed by atoms with van der Waals surface area (Å²) in [5.41, 5.74) is 2.68. The van der Waals surface area contributed by atoms with E-state index in [-0.39, 0.29) is 13.2 Å². The third-order valence-electron chi connectivity index (χ3n) is 3.23. The van der Waals surface area contributed by atoms with Gasteiger partial charge in [-0.15, -0.1) is 0 Å². The second kappa shape index (κ2) is 14.8. The van der Waals surface area contributed by atoms with Crippen LogP contribution in [0.15, 0.2) is 60.7 Å². The predicted molar refractivity (Wildman–Crippen MR) is 96.1 cm³/mol. The van der Waals surface area contributed by atoms with Crippen LogP contribution in [-0.4, -0.2) is 49.9 Å². The molecule has 0 amide bonds. The normalized spacial score (nSPS) is 10.1. The van der Waals surface area contributed by atoms with E-state index < -0.39 is 0 Å². The molecule has 0 aromatic heterocycles. The molecule has 24 heavy (non-hydrogen) atoms. The van der Waals surface area contributed by atoms with Crippen LogP contribution < -0.4 is 0 Å². The Bertz CT molecular complexity index is 442. The molecule has 2 aromatic rings. The topological polar surface area (TPSA) is 58.9 Å². The first-order valence-electron chi connectivity index (χ1n) is 8.32. The van der Waals surface area contributed by atoms with Crippen molar-refractivity contribution in [3.05, 3.63) is 71.8 Å². The van der Waals surface area contributed by atoms with Gasteiger partial charge in [-0.1, -0.05) is 60.7 Å². The molecule has 0 aliphatic heterocycles. The van der Waals surface area contributed by atoms with Crippen LogP contribution in [0.5, 0.6) is 0 Å². The summed E-state index contributed by atoms with van der Waals surface area (Å²) in [6, 6.07) is 20.9. The number of ether oxygens (including phenoxy) is 2. The number of hydrogen-bond donors (Lipinski definition) is 2. The molecule has 2 aromatic carbocycles. The maximum atomic E-state index is 8.09. The molecule has 0 fully saturated rings. The molecule has 132 valence electrons. The van der Waals surface area contributed by atoms with E-state index in [9.17, 15) is 0 Å². The number of benzene rings is 2. The lowest BCUT2D eigenvalue weighted by Gasteiger charge is -2.04. The van der Waals surface area contributed by atoms with E-state index in [0.717, 1.165) is 26.1 Å². The number of aliphatic hydroxyl groups is 2. The zero-order valence-corrected chi connectivity index (χ0v) is 14.1. The third kappa shape index (κ3) is 10.9. The van der Waals surface area contributed by atoms with Gasteiger partial charge in [0, 0.05) is 0 Å². The molecule has 4 nitrogen and oxygen atoms in total. The highest BCUT2D eigenvalue weighted by molar-refractivity contribution is 5.15. The van der Waals surface area contributed by atoms with E-state index in [0.29, 0.717) is 13.2 Å². The van der Waals surface area contributed by atoms with Crippen LogP contribution in [0.4, 0.5) is 0 Å². The maximum absolute atomic E-state index is 8.09. The molecule has 2 rings (SSSR count). The van der Waals surface area contributed by atoms with Gasteiger partial charge in [0.1, 0.15) is 0 Å². The number of rotatable bonds is 10. The molecule has 0 aliphatic rings. The molecule has 0 radical (unpaired) electrons. The van der Waals surface area contributed by atoms with E-state index in [4.69, 9.17) is 14.9 Å². The van der Waals surface area contributed by atoms with E-state index in [1.165, 1.54) is 11.1 Å². The largest absolute Gasteiger partial charge is 0.394 e. The van der Waals surface area contributed by atoms with Crippen LogP contribution in [-0.2, 0) is 22.3 Å². The smallest absolute Gasteiger partial charge is 0.0698 e. The number of aliphatic hydroxyl groups excluding tert-OH is 2. The van der Waals surface area contributed by atoms with Crippen molar-refractivity contribution in [2.45, 2.75) is 12.8 Å². The van der Waals surface area contributed by atoms with Crippen LogP contribution in [0, 0.1) is 0 Å². The Hall–Kier alpha value is -1.72.